The zero-order chi connectivity index (χ0) is 22.8. The molecule has 0 fully saturated rings. The second-order valence-electron chi connectivity index (χ2n) is 4.60. The summed E-state index contributed by atoms with van der Waals surface area (Å²) in [5.41, 5.74) is 0. The van der Waals surface area contributed by atoms with Crippen molar-refractivity contribution in [2.24, 2.45) is 5.92 Å². The molecule has 0 saturated carbocycles. The standard InChI is InChI=1S/C29H10O2/c1-4-6-7-8-9-10-11-12-13-14-15-16-17-18-19-20-21-22-23-24-25-26-27-31-29(30)28(3)5-2/h1,28H,5H2,2-3H3. The van der Waals surface area contributed by atoms with Crippen LogP contribution >= 0.6 is 0 Å². The molecule has 0 aliphatic rings. The molecule has 31 heavy (non-hydrogen) atoms. The molecule has 2 nitrogen and oxygen atoms in total. The second-order valence-corrected chi connectivity index (χ2v) is 4.60. The number of esters is 1. The molecule has 0 radical (unpaired) electrons. The molecule has 138 valence electrons. The van der Waals surface area contributed by atoms with Crippen molar-refractivity contribution in [3.05, 3.63) is 0 Å². The number of carbonyl (C=O) groups excluding carboxylic acids is 1. The SMILES string of the molecule is C#CC#CC#CC#CC#CC#CC#CC#CC#CC#CC#CC#COC(=O)C(C)CC. The highest BCUT2D eigenvalue weighted by Crippen LogP contribution is 2.01. The van der Waals surface area contributed by atoms with E-state index in [1.807, 2.05) is 6.92 Å². The molecule has 0 saturated heterocycles. The minimum atomic E-state index is -0.381. The molecule has 0 amide bonds. The topological polar surface area (TPSA) is 26.3 Å². The van der Waals surface area contributed by atoms with Crippen LogP contribution in [0.2, 0.25) is 0 Å². The maximum absolute atomic E-state index is 11.3. The van der Waals surface area contributed by atoms with Gasteiger partial charge in [0.2, 0.25) is 0 Å². The summed E-state index contributed by atoms with van der Waals surface area (Å²) in [5.74, 6) is 53.0. The molecular weight excluding hydrogens is 380 g/mol. The van der Waals surface area contributed by atoms with E-state index in [9.17, 15) is 4.79 Å². The monoisotopic (exact) mass is 390 g/mol. The lowest BCUT2D eigenvalue weighted by Gasteiger charge is -2.01. The Hall–Kier alpha value is -5.81. The maximum Gasteiger partial charge on any atom is 0.322 e. The fourth-order valence-corrected chi connectivity index (χ4v) is 0.998. The summed E-state index contributed by atoms with van der Waals surface area (Å²) in [6.45, 7) is 3.64. The van der Waals surface area contributed by atoms with Crippen molar-refractivity contribution in [1.29, 1.82) is 0 Å². The molecule has 2 heteroatoms. The molecule has 1 unspecified atom stereocenters. The lowest BCUT2D eigenvalue weighted by molar-refractivity contribution is -0.140. The van der Waals surface area contributed by atoms with Crippen molar-refractivity contribution in [2.75, 3.05) is 0 Å². The van der Waals surface area contributed by atoms with Crippen molar-refractivity contribution in [2.45, 2.75) is 20.3 Å². The van der Waals surface area contributed by atoms with Gasteiger partial charge in [-0.3, -0.25) is 4.79 Å². The summed E-state index contributed by atoms with van der Waals surface area (Å²) < 4.78 is 4.69. The normalized spacial score (nSPS) is 6.23. The summed E-state index contributed by atoms with van der Waals surface area (Å²) in [4.78, 5) is 11.3. The van der Waals surface area contributed by atoms with Gasteiger partial charge in [0.1, 0.15) is 6.11 Å². The average Bonchev–Trinajstić information content (AvgIpc) is 2.78. The zero-order valence-corrected chi connectivity index (χ0v) is 16.7. The van der Waals surface area contributed by atoms with E-state index in [0.29, 0.717) is 6.42 Å². The highest BCUT2D eigenvalue weighted by molar-refractivity contribution is 5.73. The van der Waals surface area contributed by atoms with Crippen LogP contribution in [0.3, 0.4) is 0 Å². The molecule has 0 spiro atoms. The first-order valence-electron chi connectivity index (χ1n) is 8.38. The van der Waals surface area contributed by atoms with Crippen molar-refractivity contribution >= 4 is 5.97 Å². The van der Waals surface area contributed by atoms with Crippen LogP contribution in [0.15, 0.2) is 0 Å². The van der Waals surface area contributed by atoms with E-state index in [1.54, 1.807) is 6.92 Å². The van der Waals surface area contributed by atoms with E-state index < -0.39 is 0 Å². The highest BCUT2D eigenvalue weighted by atomic mass is 16.5. The number of carbonyl (C=O) groups is 1. The Morgan fingerprint density at radius 3 is 1.19 bits per heavy atom. The average molecular weight is 390 g/mol. The van der Waals surface area contributed by atoms with E-state index in [-0.39, 0.29) is 11.9 Å². The minimum Gasteiger partial charge on any atom is -0.371 e. The second kappa shape index (κ2) is 20.5. The molecule has 0 N–H and O–H groups in total. The van der Waals surface area contributed by atoms with E-state index in [2.05, 4.69) is 136 Å². The van der Waals surface area contributed by atoms with E-state index >= 15 is 0 Å². The number of terminal acetylenes is 1. The van der Waals surface area contributed by atoms with E-state index in [1.165, 1.54) is 0 Å². The number of hydrogen-bond acceptors (Lipinski definition) is 2. The van der Waals surface area contributed by atoms with Crippen LogP contribution in [0, 0.1) is 149 Å². The number of ether oxygens (including phenoxy) is 1. The van der Waals surface area contributed by atoms with Crippen molar-refractivity contribution in [1.82, 2.24) is 0 Å². The van der Waals surface area contributed by atoms with Gasteiger partial charge >= 0.3 is 5.97 Å². The highest BCUT2D eigenvalue weighted by Gasteiger charge is 2.10. The molecule has 0 aliphatic carbocycles. The van der Waals surface area contributed by atoms with Crippen LogP contribution in [0.5, 0.6) is 0 Å². The summed E-state index contributed by atoms with van der Waals surface area (Å²) >= 11 is 0. The largest absolute Gasteiger partial charge is 0.371 e. The first-order chi connectivity index (χ1) is 15.2. The van der Waals surface area contributed by atoms with Crippen molar-refractivity contribution in [3.8, 4) is 143 Å². The molecule has 0 bridgehead atoms. The fourth-order valence-electron chi connectivity index (χ4n) is 0.998. The van der Waals surface area contributed by atoms with Gasteiger partial charge in [0.15, 0.2) is 0 Å². The van der Waals surface area contributed by atoms with E-state index in [4.69, 9.17) is 11.2 Å². The quantitative estimate of drug-likeness (QED) is 0.523. The Morgan fingerprint density at radius 2 is 0.903 bits per heavy atom. The third kappa shape index (κ3) is 18.8. The predicted octanol–water partition coefficient (Wildman–Crippen LogP) is 1.20. The lowest BCUT2D eigenvalue weighted by atomic mass is 10.1. The van der Waals surface area contributed by atoms with Gasteiger partial charge in [-0.25, -0.2) is 0 Å². The van der Waals surface area contributed by atoms with Gasteiger partial charge in [0, 0.05) is 82.9 Å². The van der Waals surface area contributed by atoms with E-state index in [0.717, 1.165) is 0 Å². The van der Waals surface area contributed by atoms with Gasteiger partial charge in [-0.05, 0) is 53.8 Å². The molecule has 0 aromatic carbocycles. The first kappa shape index (κ1) is 25.2. The summed E-state index contributed by atoms with van der Waals surface area (Å²) in [5, 5.41) is 0. The van der Waals surface area contributed by atoms with Crippen LogP contribution in [-0.4, -0.2) is 5.97 Å². The van der Waals surface area contributed by atoms with Gasteiger partial charge < -0.3 is 4.74 Å². The Bertz CT molecular complexity index is 1430. The first-order valence-corrected chi connectivity index (χ1v) is 8.38. The smallest absolute Gasteiger partial charge is 0.322 e. The van der Waals surface area contributed by atoms with Gasteiger partial charge in [0.25, 0.3) is 0 Å². The third-order valence-electron chi connectivity index (χ3n) is 2.54. The minimum absolute atomic E-state index is 0.194. The van der Waals surface area contributed by atoms with Crippen molar-refractivity contribution < 1.29 is 9.53 Å². The zero-order valence-electron chi connectivity index (χ0n) is 16.7. The fraction of sp³-hybridized carbons (Fsp3) is 0.138. The Labute approximate surface area is 184 Å². The lowest BCUT2D eigenvalue weighted by Crippen LogP contribution is -2.10. The Balaban J connectivity index is 4.42. The molecule has 0 aliphatic heterocycles. The van der Waals surface area contributed by atoms with Crippen LogP contribution in [0.25, 0.3) is 0 Å². The van der Waals surface area contributed by atoms with Crippen LogP contribution < -0.4 is 0 Å². The van der Waals surface area contributed by atoms with Gasteiger partial charge in [-0.15, -0.1) is 6.42 Å². The summed E-state index contributed by atoms with van der Waals surface area (Å²) in [7, 11) is 0. The molecular formula is C29H10O2. The maximum atomic E-state index is 11.3. The van der Waals surface area contributed by atoms with Gasteiger partial charge in [0.05, 0.1) is 5.92 Å². The molecule has 0 aromatic heterocycles. The summed E-state index contributed by atoms with van der Waals surface area (Å²) in [6.07, 6.45) is 7.81. The number of rotatable bonds is 2. The van der Waals surface area contributed by atoms with Crippen LogP contribution in [0.1, 0.15) is 20.3 Å². The molecule has 1 atom stereocenters. The Morgan fingerprint density at radius 1 is 0.613 bits per heavy atom. The van der Waals surface area contributed by atoms with Gasteiger partial charge in [-0.1, -0.05) is 13.8 Å². The Kier molecular flexibility index (Phi) is 16.7. The van der Waals surface area contributed by atoms with Crippen LogP contribution in [0.4, 0.5) is 0 Å². The molecule has 0 aromatic rings. The predicted molar refractivity (Wildman–Crippen MR) is 120 cm³/mol. The van der Waals surface area contributed by atoms with Crippen molar-refractivity contribution in [3.63, 3.8) is 0 Å². The third-order valence-corrected chi connectivity index (χ3v) is 2.54. The summed E-state index contributed by atoms with van der Waals surface area (Å²) in [6, 6.07) is 0. The number of hydrogen-bond donors (Lipinski definition) is 0. The van der Waals surface area contributed by atoms with Crippen LogP contribution in [-0.2, 0) is 9.53 Å². The molecule has 0 rings (SSSR count). The molecule has 0 heterocycles. The van der Waals surface area contributed by atoms with Gasteiger partial charge in [-0.2, -0.15) is 0 Å².